The minimum absolute atomic E-state index is 0.293. The van der Waals surface area contributed by atoms with Crippen molar-refractivity contribution in [3.63, 3.8) is 0 Å². The van der Waals surface area contributed by atoms with Crippen LogP contribution in [0.4, 0.5) is 8.78 Å². The first-order valence-electron chi connectivity index (χ1n) is 14.9. The first-order valence-corrected chi connectivity index (χ1v) is 14.9. The molecule has 0 saturated carbocycles. The van der Waals surface area contributed by atoms with E-state index in [4.69, 9.17) is 18.9 Å². The largest absolute Gasteiger partial charge is 0.493 e. The van der Waals surface area contributed by atoms with Crippen LogP contribution in [0.15, 0.2) is 60.7 Å². The Morgan fingerprint density at radius 3 is 1.90 bits per heavy atom. The summed E-state index contributed by atoms with van der Waals surface area (Å²) in [4.78, 5) is 4.94. The highest BCUT2D eigenvalue weighted by atomic mass is 19.1. The van der Waals surface area contributed by atoms with Crippen LogP contribution in [0.5, 0.6) is 11.5 Å². The summed E-state index contributed by atoms with van der Waals surface area (Å²) < 4.78 is 51.1. The van der Waals surface area contributed by atoms with Crippen LogP contribution in [0.25, 0.3) is 0 Å². The van der Waals surface area contributed by atoms with Gasteiger partial charge in [0, 0.05) is 39.3 Å². The fourth-order valence-electron chi connectivity index (χ4n) is 6.20. The fourth-order valence-corrected chi connectivity index (χ4v) is 6.20. The van der Waals surface area contributed by atoms with Crippen molar-refractivity contribution in [3.05, 3.63) is 94.6 Å². The van der Waals surface area contributed by atoms with Gasteiger partial charge in [-0.15, -0.1) is 0 Å². The molecule has 42 heavy (non-hydrogen) atoms. The molecule has 3 aromatic rings. The van der Waals surface area contributed by atoms with Crippen LogP contribution in [0.1, 0.15) is 48.1 Å². The van der Waals surface area contributed by atoms with Gasteiger partial charge in [0.05, 0.1) is 33.0 Å². The molecule has 1 saturated heterocycles. The Hall–Kier alpha value is -3.04. The standard InChI is InChI=1S/C34H42F2N2O4/c1-4-34(30-24-32(40-3)31(39-2)23-27(30)13-21-42-34)14-15-37-16-18-38(19-17-37)20-22-41-33(25-5-9-28(35)10-6-25)26-7-11-29(36)12-8-26/h5-12,23-24,33H,4,13-22H2,1-3H3. The molecule has 0 radical (unpaired) electrons. The van der Waals surface area contributed by atoms with E-state index in [1.807, 2.05) is 0 Å². The molecule has 2 aliphatic heterocycles. The average Bonchev–Trinajstić information content (AvgIpc) is 3.03. The summed E-state index contributed by atoms with van der Waals surface area (Å²) in [6.07, 6.45) is 2.32. The third-order valence-corrected chi connectivity index (χ3v) is 8.76. The topological polar surface area (TPSA) is 43.4 Å². The number of rotatable bonds is 12. The van der Waals surface area contributed by atoms with Crippen molar-refractivity contribution in [2.45, 2.75) is 37.9 Å². The molecule has 0 spiro atoms. The second kappa shape index (κ2) is 14.0. The van der Waals surface area contributed by atoms with E-state index in [1.165, 1.54) is 35.4 Å². The van der Waals surface area contributed by atoms with Crippen molar-refractivity contribution in [3.8, 4) is 11.5 Å². The predicted octanol–water partition coefficient (Wildman–Crippen LogP) is 5.97. The van der Waals surface area contributed by atoms with Crippen LogP contribution in [-0.4, -0.2) is 76.5 Å². The van der Waals surface area contributed by atoms with E-state index in [0.717, 1.165) is 81.2 Å². The van der Waals surface area contributed by atoms with E-state index in [0.29, 0.717) is 13.2 Å². The first kappa shape index (κ1) is 30.4. The molecule has 5 rings (SSSR count). The summed E-state index contributed by atoms with van der Waals surface area (Å²) in [5.41, 5.74) is 3.88. The lowest BCUT2D eigenvalue weighted by Gasteiger charge is -2.41. The molecule has 0 amide bonds. The van der Waals surface area contributed by atoms with Crippen LogP contribution >= 0.6 is 0 Å². The molecular formula is C34H42F2N2O4. The summed E-state index contributed by atoms with van der Waals surface area (Å²) in [7, 11) is 3.36. The number of hydrogen-bond donors (Lipinski definition) is 0. The van der Waals surface area contributed by atoms with Crippen molar-refractivity contribution >= 4 is 0 Å². The van der Waals surface area contributed by atoms with E-state index in [1.54, 1.807) is 38.5 Å². The van der Waals surface area contributed by atoms with Gasteiger partial charge in [0.15, 0.2) is 11.5 Å². The molecule has 6 nitrogen and oxygen atoms in total. The Labute approximate surface area is 248 Å². The van der Waals surface area contributed by atoms with E-state index in [2.05, 4.69) is 28.9 Å². The fraction of sp³-hybridized carbons (Fsp3) is 0.471. The third-order valence-electron chi connectivity index (χ3n) is 8.76. The Morgan fingerprint density at radius 2 is 1.36 bits per heavy atom. The Kier molecular flexibility index (Phi) is 10.1. The highest BCUT2D eigenvalue weighted by molar-refractivity contribution is 5.50. The maximum absolute atomic E-state index is 13.5. The third kappa shape index (κ3) is 6.94. The summed E-state index contributed by atoms with van der Waals surface area (Å²) in [6.45, 7) is 9.08. The molecule has 0 aromatic heterocycles. The van der Waals surface area contributed by atoms with Crippen molar-refractivity contribution in [1.29, 1.82) is 0 Å². The number of hydrogen-bond acceptors (Lipinski definition) is 6. The molecule has 2 aliphatic rings. The number of nitrogens with zero attached hydrogens (tertiary/aromatic N) is 2. The number of piperazine rings is 1. The van der Waals surface area contributed by atoms with Gasteiger partial charge in [-0.3, -0.25) is 4.90 Å². The number of ether oxygens (including phenoxy) is 4. The van der Waals surface area contributed by atoms with Crippen LogP contribution in [-0.2, 0) is 21.5 Å². The maximum Gasteiger partial charge on any atom is 0.161 e. The molecule has 8 heteroatoms. The molecule has 0 bridgehead atoms. The van der Waals surface area contributed by atoms with Crippen LogP contribution in [0, 0.1) is 11.6 Å². The molecule has 1 fully saturated rings. The van der Waals surface area contributed by atoms with E-state index in [9.17, 15) is 8.78 Å². The number of fused-ring (bicyclic) bond motifs is 1. The molecule has 1 atom stereocenters. The van der Waals surface area contributed by atoms with E-state index >= 15 is 0 Å². The van der Waals surface area contributed by atoms with Gasteiger partial charge in [0.1, 0.15) is 17.7 Å². The molecular weight excluding hydrogens is 538 g/mol. The number of methoxy groups -OCH3 is 2. The minimum atomic E-state index is -0.380. The van der Waals surface area contributed by atoms with Gasteiger partial charge in [-0.25, -0.2) is 8.78 Å². The summed E-state index contributed by atoms with van der Waals surface area (Å²) in [5, 5.41) is 0. The van der Waals surface area contributed by atoms with Gasteiger partial charge >= 0.3 is 0 Å². The minimum Gasteiger partial charge on any atom is -0.493 e. The van der Waals surface area contributed by atoms with Gasteiger partial charge in [-0.2, -0.15) is 0 Å². The molecule has 0 aliphatic carbocycles. The predicted molar refractivity (Wildman–Crippen MR) is 159 cm³/mol. The summed E-state index contributed by atoms with van der Waals surface area (Å²) in [5.74, 6) is 0.929. The zero-order valence-corrected chi connectivity index (χ0v) is 24.9. The van der Waals surface area contributed by atoms with Gasteiger partial charge < -0.3 is 23.8 Å². The lowest BCUT2D eigenvalue weighted by molar-refractivity contribution is -0.0757. The van der Waals surface area contributed by atoms with Gasteiger partial charge in [-0.1, -0.05) is 31.2 Å². The van der Waals surface area contributed by atoms with Gasteiger partial charge in [0.2, 0.25) is 0 Å². The SMILES string of the molecule is CCC1(CCN2CCN(CCOC(c3ccc(F)cc3)c3ccc(F)cc3)CC2)OCCc2cc(OC)c(OC)cc21. The van der Waals surface area contributed by atoms with Gasteiger partial charge in [0.25, 0.3) is 0 Å². The second-order valence-electron chi connectivity index (χ2n) is 11.1. The monoisotopic (exact) mass is 580 g/mol. The zero-order chi connectivity index (χ0) is 29.5. The highest BCUT2D eigenvalue weighted by Crippen LogP contribution is 2.43. The lowest BCUT2D eigenvalue weighted by atomic mass is 9.81. The van der Waals surface area contributed by atoms with Crippen LogP contribution in [0.2, 0.25) is 0 Å². The Balaban J connectivity index is 1.14. The van der Waals surface area contributed by atoms with Crippen molar-refractivity contribution in [2.75, 3.05) is 66.7 Å². The Bertz CT molecular complexity index is 1250. The summed E-state index contributed by atoms with van der Waals surface area (Å²) >= 11 is 0. The molecule has 1 unspecified atom stereocenters. The van der Waals surface area contributed by atoms with Crippen molar-refractivity contribution in [1.82, 2.24) is 9.80 Å². The zero-order valence-electron chi connectivity index (χ0n) is 24.9. The van der Waals surface area contributed by atoms with Gasteiger partial charge in [-0.05, 0) is 77.9 Å². The molecule has 3 aromatic carbocycles. The molecule has 0 N–H and O–H groups in total. The maximum atomic E-state index is 13.5. The average molecular weight is 581 g/mol. The quantitative estimate of drug-likeness (QED) is 0.263. The number of halogens is 2. The smallest absolute Gasteiger partial charge is 0.161 e. The van der Waals surface area contributed by atoms with Crippen molar-refractivity contribution in [2.24, 2.45) is 0 Å². The first-order chi connectivity index (χ1) is 20.4. The number of benzene rings is 3. The van der Waals surface area contributed by atoms with E-state index < -0.39 is 0 Å². The molecule has 226 valence electrons. The van der Waals surface area contributed by atoms with Crippen LogP contribution < -0.4 is 9.47 Å². The van der Waals surface area contributed by atoms with Crippen LogP contribution in [0.3, 0.4) is 0 Å². The highest BCUT2D eigenvalue weighted by Gasteiger charge is 2.38. The second-order valence-corrected chi connectivity index (χ2v) is 11.1. The molecule has 2 heterocycles. The Morgan fingerprint density at radius 1 is 0.810 bits per heavy atom. The van der Waals surface area contributed by atoms with E-state index in [-0.39, 0.29) is 23.3 Å². The summed E-state index contributed by atoms with van der Waals surface area (Å²) in [6, 6.07) is 16.9. The van der Waals surface area contributed by atoms with Crippen molar-refractivity contribution < 1.29 is 27.7 Å². The normalized spacial score (nSPS) is 19.6. The lowest BCUT2D eigenvalue weighted by Crippen LogP contribution is -2.49.